The van der Waals surface area contributed by atoms with Gasteiger partial charge in [-0.05, 0) is 18.8 Å². The van der Waals surface area contributed by atoms with Crippen LogP contribution in [0.2, 0.25) is 0 Å². The van der Waals surface area contributed by atoms with Crippen LogP contribution in [0.25, 0.3) is 0 Å². The van der Waals surface area contributed by atoms with E-state index in [1.165, 1.54) is 0 Å². The van der Waals surface area contributed by atoms with Gasteiger partial charge in [0.2, 0.25) is 0 Å². The second-order valence-electron chi connectivity index (χ2n) is 4.27. The summed E-state index contributed by atoms with van der Waals surface area (Å²) in [5.41, 5.74) is 5.60. The van der Waals surface area contributed by atoms with Crippen molar-refractivity contribution < 1.29 is 0 Å². The summed E-state index contributed by atoms with van der Waals surface area (Å²) in [6.07, 6.45) is 0. The fraction of sp³-hybridized carbons (Fsp3) is 0.900. The van der Waals surface area contributed by atoms with Crippen LogP contribution in [0.15, 0.2) is 0 Å². The molecule has 0 bridgehead atoms. The highest BCUT2D eigenvalue weighted by Crippen LogP contribution is 2.28. The second kappa shape index (κ2) is 4.08. The van der Waals surface area contributed by atoms with Gasteiger partial charge >= 0.3 is 0 Å². The number of hydrogen-bond donors (Lipinski definition) is 1. The SMILES string of the molecule is CC1CN(CC(N)C#N)C(C)C1C. The molecule has 3 heteroatoms. The fourth-order valence-corrected chi connectivity index (χ4v) is 2.04. The van der Waals surface area contributed by atoms with Crippen LogP contribution < -0.4 is 5.73 Å². The summed E-state index contributed by atoms with van der Waals surface area (Å²) in [6.45, 7) is 8.55. The van der Waals surface area contributed by atoms with Crippen molar-refractivity contribution in [2.75, 3.05) is 13.1 Å². The standard InChI is InChI=1S/C10H19N3/c1-7-5-13(6-10(12)4-11)9(3)8(7)2/h7-10H,5-6,12H2,1-3H3. The molecule has 74 valence electrons. The van der Waals surface area contributed by atoms with Crippen molar-refractivity contribution in [3.05, 3.63) is 0 Å². The molecule has 1 saturated heterocycles. The molecule has 13 heavy (non-hydrogen) atoms. The van der Waals surface area contributed by atoms with Gasteiger partial charge in [0.15, 0.2) is 0 Å². The van der Waals surface area contributed by atoms with E-state index in [2.05, 4.69) is 31.7 Å². The molecule has 1 aliphatic rings. The average Bonchev–Trinajstić information content (AvgIpc) is 2.34. The van der Waals surface area contributed by atoms with E-state index in [0.29, 0.717) is 18.5 Å². The summed E-state index contributed by atoms with van der Waals surface area (Å²) in [6, 6.07) is 2.31. The molecule has 0 aromatic rings. The highest BCUT2D eigenvalue weighted by Gasteiger charge is 2.33. The Morgan fingerprint density at radius 2 is 2.15 bits per heavy atom. The van der Waals surface area contributed by atoms with Crippen molar-refractivity contribution in [2.45, 2.75) is 32.9 Å². The molecule has 0 aromatic carbocycles. The maximum absolute atomic E-state index is 8.61. The van der Waals surface area contributed by atoms with E-state index in [1.54, 1.807) is 0 Å². The van der Waals surface area contributed by atoms with Gasteiger partial charge in [-0.15, -0.1) is 0 Å². The Labute approximate surface area is 80.5 Å². The van der Waals surface area contributed by atoms with Crippen LogP contribution in [0.4, 0.5) is 0 Å². The predicted molar refractivity (Wildman–Crippen MR) is 53.0 cm³/mol. The first kappa shape index (κ1) is 10.5. The van der Waals surface area contributed by atoms with E-state index in [-0.39, 0.29) is 6.04 Å². The summed E-state index contributed by atoms with van der Waals surface area (Å²) in [5, 5.41) is 8.61. The van der Waals surface area contributed by atoms with Crippen molar-refractivity contribution in [3.63, 3.8) is 0 Å². The van der Waals surface area contributed by atoms with E-state index in [1.807, 2.05) is 0 Å². The lowest BCUT2D eigenvalue weighted by molar-refractivity contribution is 0.243. The summed E-state index contributed by atoms with van der Waals surface area (Å²) in [4.78, 5) is 2.32. The zero-order valence-corrected chi connectivity index (χ0v) is 8.70. The second-order valence-corrected chi connectivity index (χ2v) is 4.27. The maximum Gasteiger partial charge on any atom is 0.106 e. The van der Waals surface area contributed by atoms with Gasteiger partial charge in [-0.1, -0.05) is 13.8 Å². The number of nitriles is 1. The summed E-state index contributed by atoms with van der Waals surface area (Å²) in [5.74, 6) is 1.44. The minimum absolute atomic E-state index is 0.333. The molecule has 4 unspecified atom stereocenters. The van der Waals surface area contributed by atoms with Crippen molar-refractivity contribution in [1.82, 2.24) is 4.90 Å². The van der Waals surface area contributed by atoms with Gasteiger partial charge in [-0.25, -0.2) is 0 Å². The first-order valence-electron chi connectivity index (χ1n) is 4.95. The molecule has 0 radical (unpaired) electrons. The summed E-state index contributed by atoms with van der Waals surface area (Å²) < 4.78 is 0. The number of nitrogens with two attached hydrogens (primary N) is 1. The van der Waals surface area contributed by atoms with Crippen molar-refractivity contribution in [3.8, 4) is 6.07 Å². The monoisotopic (exact) mass is 181 g/mol. The van der Waals surface area contributed by atoms with E-state index >= 15 is 0 Å². The van der Waals surface area contributed by atoms with Gasteiger partial charge in [0.1, 0.15) is 6.04 Å². The third kappa shape index (κ3) is 2.20. The molecule has 1 aliphatic heterocycles. The van der Waals surface area contributed by atoms with Crippen molar-refractivity contribution >= 4 is 0 Å². The molecule has 0 saturated carbocycles. The molecule has 1 rings (SSSR count). The maximum atomic E-state index is 8.61. The molecule has 1 heterocycles. The quantitative estimate of drug-likeness (QED) is 0.686. The Bertz CT molecular complexity index is 209. The molecule has 0 spiro atoms. The minimum atomic E-state index is -0.333. The van der Waals surface area contributed by atoms with Crippen LogP contribution in [0.3, 0.4) is 0 Å². The van der Waals surface area contributed by atoms with Crippen LogP contribution in [0, 0.1) is 23.2 Å². The summed E-state index contributed by atoms with van der Waals surface area (Å²) >= 11 is 0. The lowest BCUT2D eigenvalue weighted by Crippen LogP contribution is -2.39. The lowest BCUT2D eigenvalue weighted by atomic mass is 9.95. The third-order valence-corrected chi connectivity index (χ3v) is 3.35. The summed E-state index contributed by atoms with van der Waals surface area (Å²) in [7, 11) is 0. The zero-order valence-electron chi connectivity index (χ0n) is 8.70. The first-order chi connectivity index (χ1) is 6.06. The fourth-order valence-electron chi connectivity index (χ4n) is 2.04. The van der Waals surface area contributed by atoms with Crippen LogP contribution in [0.1, 0.15) is 20.8 Å². The molecule has 2 N–H and O–H groups in total. The molecule has 3 nitrogen and oxygen atoms in total. The van der Waals surface area contributed by atoms with Crippen LogP contribution in [-0.2, 0) is 0 Å². The van der Waals surface area contributed by atoms with Gasteiger partial charge in [0.25, 0.3) is 0 Å². The molecule has 1 fully saturated rings. The van der Waals surface area contributed by atoms with E-state index in [9.17, 15) is 0 Å². The zero-order chi connectivity index (χ0) is 10.0. The van der Waals surface area contributed by atoms with E-state index in [0.717, 1.165) is 12.5 Å². The lowest BCUT2D eigenvalue weighted by Gasteiger charge is -2.23. The van der Waals surface area contributed by atoms with Gasteiger partial charge in [-0.3, -0.25) is 4.90 Å². The first-order valence-corrected chi connectivity index (χ1v) is 4.95. The van der Waals surface area contributed by atoms with Crippen molar-refractivity contribution in [1.29, 1.82) is 5.26 Å². The smallest absolute Gasteiger partial charge is 0.106 e. The third-order valence-electron chi connectivity index (χ3n) is 3.35. The van der Waals surface area contributed by atoms with E-state index < -0.39 is 0 Å². The van der Waals surface area contributed by atoms with Gasteiger partial charge in [-0.2, -0.15) is 5.26 Å². The molecule has 0 aromatic heterocycles. The highest BCUT2D eigenvalue weighted by atomic mass is 15.2. The number of nitrogens with zero attached hydrogens (tertiary/aromatic N) is 2. The van der Waals surface area contributed by atoms with Gasteiger partial charge < -0.3 is 5.73 Å². The number of rotatable bonds is 2. The number of hydrogen-bond acceptors (Lipinski definition) is 3. The Hall–Kier alpha value is -0.590. The van der Waals surface area contributed by atoms with Crippen molar-refractivity contribution in [2.24, 2.45) is 17.6 Å². The molecular weight excluding hydrogens is 162 g/mol. The molecular formula is C10H19N3. The Balaban J connectivity index is 2.50. The largest absolute Gasteiger partial charge is 0.315 e. The van der Waals surface area contributed by atoms with Gasteiger partial charge in [0, 0.05) is 19.1 Å². The average molecular weight is 181 g/mol. The Kier molecular flexibility index (Phi) is 3.29. The topological polar surface area (TPSA) is 53.0 Å². The van der Waals surface area contributed by atoms with E-state index in [4.69, 9.17) is 11.0 Å². The van der Waals surface area contributed by atoms with Crippen LogP contribution in [0.5, 0.6) is 0 Å². The number of likely N-dealkylation sites (tertiary alicyclic amines) is 1. The normalized spacial score (nSPS) is 37.3. The van der Waals surface area contributed by atoms with Crippen LogP contribution in [-0.4, -0.2) is 30.1 Å². The molecule has 0 aliphatic carbocycles. The Morgan fingerprint density at radius 3 is 2.54 bits per heavy atom. The molecule has 4 atom stereocenters. The predicted octanol–water partition coefficient (Wildman–Crippen LogP) is 0.814. The molecule has 0 amide bonds. The minimum Gasteiger partial charge on any atom is -0.315 e. The van der Waals surface area contributed by atoms with Gasteiger partial charge in [0.05, 0.1) is 6.07 Å². The highest BCUT2D eigenvalue weighted by molar-refractivity contribution is 4.94. The Morgan fingerprint density at radius 1 is 1.54 bits per heavy atom. The van der Waals surface area contributed by atoms with Crippen LogP contribution >= 0.6 is 0 Å².